The molecule has 0 amide bonds. The van der Waals surface area contributed by atoms with E-state index in [1.165, 1.54) is 5.69 Å². The van der Waals surface area contributed by atoms with Crippen LogP contribution in [0.2, 0.25) is 0 Å². The fourth-order valence-corrected chi connectivity index (χ4v) is 2.25. The Hall–Kier alpha value is -1.06. The SMILES string of the molecule is CCC1CN(c2ccc(CO)c(C)c2)CCO1. The van der Waals surface area contributed by atoms with Gasteiger partial charge in [0.25, 0.3) is 0 Å². The van der Waals surface area contributed by atoms with Crippen molar-refractivity contribution in [3.63, 3.8) is 0 Å². The van der Waals surface area contributed by atoms with Gasteiger partial charge in [-0.25, -0.2) is 0 Å². The van der Waals surface area contributed by atoms with Gasteiger partial charge >= 0.3 is 0 Å². The lowest BCUT2D eigenvalue weighted by molar-refractivity contribution is 0.0384. The van der Waals surface area contributed by atoms with Crippen molar-refractivity contribution in [2.45, 2.75) is 33.0 Å². The number of hydrogen-bond donors (Lipinski definition) is 1. The molecule has 0 aromatic heterocycles. The summed E-state index contributed by atoms with van der Waals surface area (Å²) in [6.45, 7) is 7.05. The lowest BCUT2D eigenvalue weighted by atomic mass is 10.1. The zero-order valence-electron chi connectivity index (χ0n) is 10.6. The van der Waals surface area contributed by atoms with E-state index in [0.29, 0.717) is 6.10 Å². The Morgan fingerprint density at radius 1 is 1.47 bits per heavy atom. The van der Waals surface area contributed by atoms with Gasteiger partial charge < -0.3 is 14.7 Å². The first-order chi connectivity index (χ1) is 8.24. The molecule has 3 nitrogen and oxygen atoms in total. The number of benzene rings is 1. The van der Waals surface area contributed by atoms with Crippen LogP contribution in [0.4, 0.5) is 5.69 Å². The normalized spacial score (nSPS) is 20.6. The number of hydrogen-bond acceptors (Lipinski definition) is 3. The molecule has 3 heteroatoms. The number of anilines is 1. The van der Waals surface area contributed by atoms with E-state index in [1.54, 1.807) is 0 Å². The standard InChI is InChI=1S/C14H21NO2/c1-3-14-9-15(6-7-17-14)13-5-4-12(10-16)11(2)8-13/h4-5,8,14,16H,3,6-7,9-10H2,1-2H3. The van der Waals surface area contributed by atoms with Crippen molar-refractivity contribution < 1.29 is 9.84 Å². The quantitative estimate of drug-likeness (QED) is 0.871. The second-order valence-corrected chi connectivity index (χ2v) is 4.62. The second kappa shape index (κ2) is 5.52. The molecular weight excluding hydrogens is 214 g/mol. The van der Waals surface area contributed by atoms with E-state index < -0.39 is 0 Å². The van der Waals surface area contributed by atoms with Gasteiger partial charge in [0.15, 0.2) is 0 Å². The molecule has 1 aromatic carbocycles. The first-order valence-electron chi connectivity index (χ1n) is 6.31. The monoisotopic (exact) mass is 235 g/mol. The third-order valence-corrected chi connectivity index (χ3v) is 3.46. The highest BCUT2D eigenvalue weighted by molar-refractivity contribution is 5.51. The van der Waals surface area contributed by atoms with Crippen molar-refractivity contribution in [1.82, 2.24) is 0 Å². The largest absolute Gasteiger partial charge is 0.392 e. The number of aliphatic hydroxyl groups is 1. The van der Waals surface area contributed by atoms with E-state index >= 15 is 0 Å². The van der Waals surface area contributed by atoms with Crippen molar-refractivity contribution in [3.05, 3.63) is 29.3 Å². The van der Waals surface area contributed by atoms with Gasteiger partial charge in [0.05, 0.1) is 19.3 Å². The molecule has 94 valence electrons. The average Bonchev–Trinajstić information content (AvgIpc) is 2.38. The summed E-state index contributed by atoms with van der Waals surface area (Å²) in [6.07, 6.45) is 1.41. The first kappa shape index (κ1) is 12.4. The molecule has 1 unspecified atom stereocenters. The van der Waals surface area contributed by atoms with Gasteiger partial charge in [-0.1, -0.05) is 13.0 Å². The Morgan fingerprint density at radius 2 is 2.29 bits per heavy atom. The summed E-state index contributed by atoms with van der Waals surface area (Å²) in [5.74, 6) is 0. The molecule has 2 rings (SSSR count). The molecule has 17 heavy (non-hydrogen) atoms. The molecule has 1 aromatic rings. The zero-order chi connectivity index (χ0) is 12.3. The summed E-state index contributed by atoms with van der Waals surface area (Å²) in [5, 5.41) is 9.17. The summed E-state index contributed by atoms with van der Waals surface area (Å²) >= 11 is 0. The highest BCUT2D eigenvalue weighted by Crippen LogP contribution is 2.22. The molecule has 1 fully saturated rings. The summed E-state index contributed by atoms with van der Waals surface area (Å²) in [5.41, 5.74) is 3.40. The van der Waals surface area contributed by atoms with Crippen LogP contribution in [0, 0.1) is 6.92 Å². The van der Waals surface area contributed by atoms with E-state index in [0.717, 1.165) is 37.2 Å². The van der Waals surface area contributed by atoms with E-state index in [-0.39, 0.29) is 6.61 Å². The van der Waals surface area contributed by atoms with Gasteiger partial charge in [0, 0.05) is 18.8 Å². The zero-order valence-corrected chi connectivity index (χ0v) is 10.6. The van der Waals surface area contributed by atoms with E-state index in [9.17, 15) is 0 Å². The van der Waals surface area contributed by atoms with Gasteiger partial charge in [0.2, 0.25) is 0 Å². The number of ether oxygens (including phenoxy) is 1. The van der Waals surface area contributed by atoms with Gasteiger partial charge in [-0.3, -0.25) is 0 Å². The maximum Gasteiger partial charge on any atom is 0.0748 e. The van der Waals surface area contributed by atoms with Crippen molar-refractivity contribution >= 4 is 5.69 Å². The minimum atomic E-state index is 0.118. The van der Waals surface area contributed by atoms with Crippen LogP contribution < -0.4 is 4.90 Å². The summed E-state index contributed by atoms with van der Waals surface area (Å²) < 4.78 is 5.67. The first-order valence-corrected chi connectivity index (χ1v) is 6.31. The Labute approximate surface area is 103 Å². The number of aryl methyl sites for hydroxylation is 1. The lowest BCUT2D eigenvalue weighted by Gasteiger charge is -2.34. The minimum Gasteiger partial charge on any atom is -0.392 e. The molecule has 0 aliphatic carbocycles. The topological polar surface area (TPSA) is 32.7 Å². The smallest absolute Gasteiger partial charge is 0.0748 e. The van der Waals surface area contributed by atoms with Crippen LogP contribution in [0.25, 0.3) is 0 Å². The molecule has 1 N–H and O–H groups in total. The predicted molar refractivity (Wildman–Crippen MR) is 69.3 cm³/mol. The van der Waals surface area contributed by atoms with Crippen LogP contribution in [0.1, 0.15) is 24.5 Å². The maximum atomic E-state index is 9.17. The van der Waals surface area contributed by atoms with Crippen molar-refractivity contribution in [2.75, 3.05) is 24.6 Å². The molecule has 1 aliphatic heterocycles. The molecule has 0 spiro atoms. The average molecular weight is 235 g/mol. The highest BCUT2D eigenvalue weighted by Gasteiger charge is 2.19. The number of nitrogens with zero attached hydrogens (tertiary/aromatic N) is 1. The fourth-order valence-electron chi connectivity index (χ4n) is 2.25. The Balaban J connectivity index is 2.13. The minimum absolute atomic E-state index is 0.118. The van der Waals surface area contributed by atoms with Crippen LogP contribution in [-0.4, -0.2) is 30.9 Å². The fraction of sp³-hybridized carbons (Fsp3) is 0.571. The molecule has 1 heterocycles. The van der Waals surface area contributed by atoms with Crippen molar-refractivity contribution in [3.8, 4) is 0 Å². The molecule has 1 atom stereocenters. The van der Waals surface area contributed by atoms with E-state index in [2.05, 4.69) is 24.0 Å². The van der Waals surface area contributed by atoms with Crippen LogP contribution in [0.3, 0.4) is 0 Å². The third-order valence-electron chi connectivity index (χ3n) is 3.46. The van der Waals surface area contributed by atoms with Crippen LogP contribution in [-0.2, 0) is 11.3 Å². The molecule has 1 saturated heterocycles. The summed E-state index contributed by atoms with van der Waals surface area (Å²) in [7, 11) is 0. The number of morpholine rings is 1. The third kappa shape index (κ3) is 2.79. The Bertz CT molecular complexity index is 378. The summed E-state index contributed by atoms with van der Waals surface area (Å²) in [6, 6.07) is 6.27. The molecular formula is C14H21NO2. The molecule has 0 bridgehead atoms. The van der Waals surface area contributed by atoms with E-state index in [1.807, 2.05) is 13.0 Å². The molecule has 0 radical (unpaired) electrons. The van der Waals surface area contributed by atoms with Crippen molar-refractivity contribution in [1.29, 1.82) is 0 Å². The van der Waals surface area contributed by atoms with Gasteiger partial charge in [-0.2, -0.15) is 0 Å². The predicted octanol–water partition coefficient (Wildman–Crippen LogP) is 2.10. The second-order valence-electron chi connectivity index (χ2n) is 4.62. The van der Waals surface area contributed by atoms with Crippen LogP contribution in [0.15, 0.2) is 18.2 Å². The van der Waals surface area contributed by atoms with Crippen LogP contribution in [0.5, 0.6) is 0 Å². The summed E-state index contributed by atoms with van der Waals surface area (Å²) in [4.78, 5) is 2.37. The Kier molecular flexibility index (Phi) is 4.02. The van der Waals surface area contributed by atoms with Gasteiger partial charge in [-0.15, -0.1) is 0 Å². The van der Waals surface area contributed by atoms with Crippen molar-refractivity contribution in [2.24, 2.45) is 0 Å². The van der Waals surface area contributed by atoms with Crippen LogP contribution >= 0.6 is 0 Å². The number of rotatable bonds is 3. The van der Waals surface area contributed by atoms with E-state index in [4.69, 9.17) is 9.84 Å². The van der Waals surface area contributed by atoms with Gasteiger partial charge in [-0.05, 0) is 36.6 Å². The maximum absolute atomic E-state index is 9.17. The number of aliphatic hydroxyl groups excluding tert-OH is 1. The highest BCUT2D eigenvalue weighted by atomic mass is 16.5. The lowest BCUT2D eigenvalue weighted by Crippen LogP contribution is -2.42. The van der Waals surface area contributed by atoms with Gasteiger partial charge in [0.1, 0.15) is 0 Å². The molecule has 1 aliphatic rings. The Morgan fingerprint density at radius 3 is 2.94 bits per heavy atom. The molecule has 0 saturated carbocycles.